The summed E-state index contributed by atoms with van der Waals surface area (Å²) in [6.07, 6.45) is 4.38. The fourth-order valence-electron chi connectivity index (χ4n) is 3.30. The number of nitrogens with zero attached hydrogens (tertiary/aromatic N) is 4. The van der Waals surface area contributed by atoms with Gasteiger partial charge in [-0.3, -0.25) is 13.9 Å². The molecule has 8 nitrogen and oxygen atoms in total. The van der Waals surface area contributed by atoms with E-state index in [0.717, 1.165) is 5.56 Å². The molecule has 1 aliphatic carbocycles. The zero-order valence-corrected chi connectivity index (χ0v) is 18.1. The van der Waals surface area contributed by atoms with E-state index < -0.39 is 5.69 Å². The molecule has 2 heterocycles. The Bertz CT molecular complexity index is 1050. The molecule has 1 fully saturated rings. The van der Waals surface area contributed by atoms with Gasteiger partial charge in [-0.25, -0.2) is 14.8 Å². The Labute approximate surface area is 175 Å². The number of hydrogen-bond acceptors (Lipinski definition) is 6. The minimum absolute atomic E-state index is 0.0870. The summed E-state index contributed by atoms with van der Waals surface area (Å²) in [5.41, 5.74) is 0.957. The number of aliphatic hydroxyl groups is 1. The van der Waals surface area contributed by atoms with E-state index in [1.807, 2.05) is 32.9 Å². The van der Waals surface area contributed by atoms with Crippen LogP contribution in [0.2, 0.25) is 0 Å². The maximum Gasteiger partial charge on any atom is 0.332 e. The lowest BCUT2D eigenvalue weighted by atomic mass is 10.2. The van der Waals surface area contributed by atoms with Crippen molar-refractivity contribution in [2.45, 2.75) is 59.5 Å². The van der Waals surface area contributed by atoms with Crippen molar-refractivity contribution in [1.29, 1.82) is 0 Å². The molecule has 1 saturated carbocycles. The van der Waals surface area contributed by atoms with E-state index in [1.165, 1.54) is 22.0 Å². The Hall–Kier alpha value is -2.74. The van der Waals surface area contributed by atoms with E-state index in [2.05, 4.69) is 4.98 Å². The highest BCUT2D eigenvalue weighted by Gasteiger charge is 2.23. The van der Waals surface area contributed by atoms with Crippen molar-refractivity contribution >= 4 is 11.5 Å². The molecule has 162 valence electrons. The lowest BCUT2D eigenvalue weighted by molar-refractivity contribution is 0.277. The maximum atomic E-state index is 13.0. The summed E-state index contributed by atoms with van der Waals surface area (Å²) < 4.78 is 8.59. The van der Waals surface area contributed by atoms with Crippen LogP contribution in [0.3, 0.4) is 0 Å². The van der Waals surface area contributed by atoms with Gasteiger partial charge in [0.05, 0.1) is 23.4 Å². The Morgan fingerprint density at radius 1 is 1.37 bits per heavy atom. The Balaban J connectivity index is 2.08. The highest BCUT2D eigenvalue weighted by atomic mass is 16.5. The number of rotatable bonds is 9. The third-order valence-corrected chi connectivity index (χ3v) is 5.21. The van der Waals surface area contributed by atoms with E-state index in [4.69, 9.17) is 14.8 Å². The molecule has 0 unspecified atom stereocenters. The molecule has 0 spiro atoms. The van der Waals surface area contributed by atoms with E-state index >= 15 is 0 Å². The van der Waals surface area contributed by atoms with Gasteiger partial charge in [-0.05, 0) is 65.0 Å². The molecule has 30 heavy (non-hydrogen) atoms. The molecule has 1 N–H and O–H groups in total. The first-order valence-electron chi connectivity index (χ1n) is 10.4. The van der Waals surface area contributed by atoms with Crippen molar-refractivity contribution in [3.8, 4) is 5.88 Å². The van der Waals surface area contributed by atoms with Gasteiger partial charge in [0.2, 0.25) is 5.88 Å². The van der Waals surface area contributed by atoms with Crippen LogP contribution in [-0.4, -0.2) is 38.2 Å². The van der Waals surface area contributed by atoms with E-state index in [0.29, 0.717) is 41.9 Å². The Morgan fingerprint density at radius 3 is 2.73 bits per heavy atom. The monoisotopic (exact) mass is 414 g/mol. The summed E-state index contributed by atoms with van der Waals surface area (Å²) in [6, 6.07) is 3.50. The third kappa shape index (κ3) is 4.70. The maximum absolute atomic E-state index is 13.0. The van der Waals surface area contributed by atoms with Crippen LogP contribution in [0.4, 0.5) is 5.82 Å². The molecule has 1 aliphatic rings. The molecule has 0 aliphatic heterocycles. The largest absolute Gasteiger partial charge is 0.477 e. The number of pyridine rings is 1. The summed E-state index contributed by atoms with van der Waals surface area (Å²) in [5, 5.41) is 9.10. The topological polar surface area (TPSA) is 98.7 Å². The van der Waals surface area contributed by atoms with Gasteiger partial charge < -0.3 is 9.84 Å². The standard InChI is InChI=1S/C22H30N4O4/c1-14(2)26-19(15(3)21(28)25(22(26)29)11-6-12-27)24-16(4)18-7-5-10-23-20(18)30-13-17-8-9-17/h5,7,10,14,17,27H,6,8-9,11-13H2,1-4H3. The second kappa shape index (κ2) is 9.38. The molecule has 0 atom stereocenters. The second-order valence-electron chi connectivity index (χ2n) is 8.04. The summed E-state index contributed by atoms with van der Waals surface area (Å²) in [7, 11) is 0. The van der Waals surface area contributed by atoms with Crippen molar-refractivity contribution in [1.82, 2.24) is 14.1 Å². The first kappa shape index (κ1) is 22.0. The molecule has 8 heteroatoms. The van der Waals surface area contributed by atoms with Gasteiger partial charge in [-0.2, -0.15) is 0 Å². The Morgan fingerprint density at radius 2 is 2.10 bits per heavy atom. The number of aromatic nitrogens is 3. The molecular weight excluding hydrogens is 384 g/mol. The van der Waals surface area contributed by atoms with Crippen LogP contribution in [0.25, 0.3) is 0 Å². The number of hydrogen-bond donors (Lipinski definition) is 1. The minimum atomic E-state index is -0.419. The van der Waals surface area contributed by atoms with Gasteiger partial charge in [-0.15, -0.1) is 0 Å². The highest BCUT2D eigenvalue weighted by molar-refractivity contribution is 6.02. The molecule has 2 aromatic rings. The zero-order valence-electron chi connectivity index (χ0n) is 18.1. The van der Waals surface area contributed by atoms with Gasteiger partial charge >= 0.3 is 5.69 Å². The molecule has 0 saturated heterocycles. The number of aliphatic hydroxyl groups excluding tert-OH is 1. The Kier molecular flexibility index (Phi) is 6.87. The summed E-state index contributed by atoms with van der Waals surface area (Å²) in [6.45, 7) is 7.98. The van der Waals surface area contributed by atoms with Crippen LogP contribution in [0.15, 0.2) is 32.9 Å². The fraction of sp³-hybridized carbons (Fsp3) is 0.545. The van der Waals surface area contributed by atoms with Gasteiger partial charge in [0, 0.05) is 25.4 Å². The van der Waals surface area contributed by atoms with Crippen molar-refractivity contribution in [2.24, 2.45) is 10.9 Å². The van der Waals surface area contributed by atoms with Crippen LogP contribution in [0.1, 0.15) is 57.2 Å². The van der Waals surface area contributed by atoms with Gasteiger partial charge in [0.25, 0.3) is 5.56 Å². The first-order valence-corrected chi connectivity index (χ1v) is 10.4. The van der Waals surface area contributed by atoms with Crippen molar-refractivity contribution in [3.63, 3.8) is 0 Å². The van der Waals surface area contributed by atoms with E-state index in [9.17, 15) is 9.59 Å². The summed E-state index contributed by atoms with van der Waals surface area (Å²) >= 11 is 0. The lowest BCUT2D eigenvalue weighted by Gasteiger charge is -2.19. The number of aliphatic imine (C=N–C) groups is 1. The van der Waals surface area contributed by atoms with Crippen LogP contribution >= 0.6 is 0 Å². The van der Waals surface area contributed by atoms with Crippen LogP contribution in [0, 0.1) is 12.8 Å². The predicted octanol–water partition coefficient (Wildman–Crippen LogP) is 2.61. The molecule has 3 rings (SSSR count). The smallest absolute Gasteiger partial charge is 0.332 e. The van der Waals surface area contributed by atoms with E-state index in [-0.39, 0.29) is 24.8 Å². The quantitative estimate of drug-likeness (QED) is 0.636. The van der Waals surface area contributed by atoms with Crippen LogP contribution in [0.5, 0.6) is 5.88 Å². The van der Waals surface area contributed by atoms with Crippen LogP contribution < -0.4 is 16.0 Å². The summed E-state index contributed by atoms with van der Waals surface area (Å²) in [4.78, 5) is 34.9. The second-order valence-corrected chi connectivity index (χ2v) is 8.04. The lowest BCUT2D eigenvalue weighted by Crippen LogP contribution is -2.42. The molecular formula is C22H30N4O4. The summed E-state index contributed by atoms with van der Waals surface area (Å²) in [5.74, 6) is 1.45. The number of ether oxygens (including phenoxy) is 1. The molecule has 0 amide bonds. The fourth-order valence-corrected chi connectivity index (χ4v) is 3.30. The van der Waals surface area contributed by atoms with Crippen molar-refractivity contribution < 1.29 is 9.84 Å². The zero-order chi connectivity index (χ0) is 21.8. The van der Waals surface area contributed by atoms with Crippen LogP contribution in [-0.2, 0) is 6.54 Å². The van der Waals surface area contributed by atoms with Gasteiger partial charge in [-0.1, -0.05) is 0 Å². The first-order chi connectivity index (χ1) is 14.3. The normalized spacial score (nSPS) is 14.4. The van der Waals surface area contributed by atoms with Gasteiger partial charge in [0.1, 0.15) is 5.82 Å². The van der Waals surface area contributed by atoms with E-state index in [1.54, 1.807) is 13.1 Å². The third-order valence-electron chi connectivity index (χ3n) is 5.21. The molecule has 0 radical (unpaired) electrons. The van der Waals surface area contributed by atoms with Gasteiger partial charge in [0.15, 0.2) is 0 Å². The van der Waals surface area contributed by atoms with Crippen molar-refractivity contribution in [3.05, 3.63) is 50.3 Å². The average molecular weight is 415 g/mol. The average Bonchev–Trinajstić information content (AvgIpc) is 3.54. The van der Waals surface area contributed by atoms with Crippen molar-refractivity contribution in [2.75, 3.05) is 13.2 Å². The predicted molar refractivity (Wildman–Crippen MR) is 116 cm³/mol. The minimum Gasteiger partial charge on any atom is -0.477 e. The molecule has 2 aromatic heterocycles. The molecule has 0 bridgehead atoms. The molecule has 0 aromatic carbocycles. The highest BCUT2D eigenvalue weighted by Crippen LogP contribution is 2.30. The SMILES string of the molecule is CC(=Nc1c(C)c(=O)n(CCCO)c(=O)n1C(C)C)c1cccnc1OCC1CC1.